The van der Waals surface area contributed by atoms with Gasteiger partial charge in [-0.05, 0) is 25.3 Å². The second-order valence-corrected chi connectivity index (χ2v) is 5.86. The van der Waals surface area contributed by atoms with E-state index in [2.05, 4.69) is 27.8 Å². The average Bonchev–Trinajstić information content (AvgIpc) is 2.55. The summed E-state index contributed by atoms with van der Waals surface area (Å²) in [5, 5.41) is 5.87. The first-order valence-corrected chi connectivity index (χ1v) is 8.03. The van der Waals surface area contributed by atoms with Crippen LogP contribution in [0.15, 0.2) is 35.3 Å². The summed E-state index contributed by atoms with van der Waals surface area (Å²) in [6.07, 6.45) is -2.66. The quantitative estimate of drug-likeness (QED) is 0.354. The van der Waals surface area contributed by atoms with Crippen molar-refractivity contribution in [3.63, 3.8) is 0 Å². The highest BCUT2D eigenvalue weighted by Gasteiger charge is 2.31. The van der Waals surface area contributed by atoms with Crippen molar-refractivity contribution in [2.24, 2.45) is 4.99 Å². The lowest BCUT2D eigenvalue weighted by atomic mass is 10.1. The molecule has 1 unspecified atom stereocenters. The first-order valence-electron chi connectivity index (χ1n) is 8.03. The smallest absolute Gasteiger partial charge is 0.354 e. The highest BCUT2D eigenvalue weighted by Crippen LogP contribution is 2.15. The second kappa shape index (κ2) is 12.0. The SMILES string of the molecule is CN=C(NCC(=O)N(C)CC(F)(F)F)NC(C)CCc1ccccc1.I. The van der Waals surface area contributed by atoms with Crippen LogP contribution in [0.5, 0.6) is 0 Å². The Morgan fingerprint density at radius 2 is 1.88 bits per heavy atom. The molecule has 0 radical (unpaired) electrons. The van der Waals surface area contributed by atoms with E-state index in [-0.39, 0.29) is 36.6 Å². The summed E-state index contributed by atoms with van der Waals surface area (Å²) in [6, 6.07) is 10.1. The lowest BCUT2D eigenvalue weighted by Gasteiger charge is -2.21. The molecule has 0 aliphatic heterocycles. The van der Waals surface area contributed by atoms with Crippen LogP contribution in [0.4, 0.5) is 13.2 Å². The van der Waals surface area contributed by atoms with Gasteiger partial charge in [-0.15, -0.1) is 24.0 Å². The van der Waals surface area contributed by atoms with Crippen molar-refractivity contribution in [2.45, 2.75) is 32.0 Å². The zero-order valence-corrected chi connectivity index (χ0v) is 17.5. The number of benzene rings is 1. The predicted octanol–water partition coefficient (Wildman–Crippen LogP) is 2.81. The fourth-order valence-corrected chi connectivity index (χ4v) is 2.18. The molecular weight excluding hydrogens is 460 g/mol. The molecule has 0 aliphatic rings. The zero-order chi connectivity index (χ0) is 18.9. The van der Waals surface area contributed by atoms with Gasteiger partial charge >= 0.3 is 6.18 Å². The average molecular weight is 486 g/mol. The Bertz CT molecular complexity index is 567. The molecule has 0 saturated heterocycles. The Balaban J connectivity index is 0.00000625. The van der Waals surface area contributed by atoms with Crippen molar-refractivity contribution >= 4 is 35.8 Å². The van der Waals surface area contributed by atoms with Crippen LogP contribution in [0, 0.1) is 0 Å². The Morgan fingerprint density at radius 1 is 1.27 bits per heavy atom. The first-order chi connectivity index (χ1) is 11.7. The molecule has 0 bridgehead atoms. The third kappa shape index (κ3) is 10.5. The maximum Gasteiger partial charge on any atom is 0.406 e. The molecule has 0 aliphatic carbocycles. The predicted molar refractivity (Wildman–Crippen MR) is 108 cm³/mol. The highest BCUT2D eigenvalue weighted by molar-refractivity contribution is 14.0. The van der Waals surface area contributed by atoms with E-state index < -0.39 is 18.6 Å². The molecule has 5 nitrogen and oxygen atoms in total. The number of hydrogen-bond donors (Lipinski definition) is 2. The minimum absolute atomic E-state index is 0. The Hall–Kier alpha value is -1.52. The van der Waals surface area contributed by atoms with Gasteiger partial charge in [-0.25, -0.2) is 0 Å². The van der Waals surface area contributed by atoms with Crippen LogP contribution >= 0.6 is 24.0 Å². The summed E-state index contributed by atoms with van der Waals surface area (Å²) in [4.78, 5) is 16.3. The van der Waals surface area contributed by atoms with Gasteiger partial charge in [0, 0.05) is 20.1 Å². The van der Waals surface area contributed by atoms with Crippen molar-refractivity contribution in [2.75, 3.05) is 27.2 Å². The summed E-state index contributed by atoms with van der Waals surface area (Å²) < 4.78 is 36.8. The van der Waals surface area contributed by atoms with E-state index >= 15 is 0 Å². The number of halogens is 4. The van der Waals surface area contributed by atoms with Crippen molar-refractivity contribution in [1.82, 2.24) is 15.5 Å². The van der Waals surface area contributed by atoms with Gasteiger partial charge in [0.1, 0.15) is 6.54 Å². The number of carbonyl (C=O) groups is 1. The van der Waals surface area contributed by atoms with Gasteiger partial charge in [-0.2, -0.15) is 13.2 Å². The lowest BCUT2D eigenvalue weighted by Crippen LogP contribution is -2.47. The molecule has 9 heteroatoms. The van der Waals surface area contributed by atoms with E-state index in [0.29, 0.717) is 10.9 Å². The van der Waals surface area contributed by atoms with Gasteiger partial charge in [0.2, 0.25) is 5.91 Å². The van der Waals surface area contributed by atoms with E-state index in [0.717, 1.165) is 19.9 Å². The van der Waals surface area contributed by atoms with Gasteiger partial charge < -0.3 is 15.5 Å². The van der Waals surface area contributed by atoms with Crippen LogP contribution in [-0.4, -0.2) is 56.2 Å². The topological polar surface area (TPSA) is 56.7 Å². The number of guanidine groups is 1. The number of amides is 1. The third-order valence-corrected chi connectivity index (χ3v) is 3.56. The van der Waals surface area contributed by atoms with Crippen LogP contribution in [0.3, 0.4) is 0 Å². The number of aliphatic imine (C=N–C) groups is 1. The fraction of sp³-hybridized carbons (Fsp3) is 0.529. The Kier molecular flexibility index (Phi) is 11.3. The van der Waals surface area contributed by atoms with E-state index in [1.54, 1.807) is 7.05 Å². The summed E-state index contributed by atoms with van der Waals surface area (Å²) in [5.74, 6) is -0.272. The summed E-state index contributed by atoms with van der Waals surface area (Å²) >= 11 is 0. The highest BCUT2D eigenvalue weighted by atomic mass is 127. The molecule has 0 saturated carbocycles. The molecule has 1 rings (SSSR count). The number of hydrogen-bond acceptors (Lipinski definition) is 2. The Morgan fingerprint density at radius 3 is 2.42 bits per heavy atom. The lowest BCUT2D eigenvalue weighted by molar-refractivity contribution is -0.157. The van der Waals surface area contributed by atoms with Gasteiger partial charge in [-0.1, -0.05) is 30.3 Å². The van der Waals surface area contributed by atoms with Crippen molar-refractivity contribution in [3.8, 4) is 0 Å². The fourth-order valence-electron chi connectivity index (χ4n) is 2.18. The molecule has 0 aromatic heterocycles. The summed E-state index contributed by atoms with van der Waals surface area (Å²) in [7, 11) is 2.67. The zero-order valence-electron chi connectivity index (χ0n) is 15.1. The van der Waals surface area contributed by atoms with Crippen molar-refractivity contribution < 1.29 is 18.0 Å². The maximum absolute atomic E-state index is 12.3. The molecule has 1 amide bonds. The molecule has 1 atom stereocenters. The standard InChI is InChI=1S/C17H25F3N4O.HI/c1-13(9-10-14-7-5-4-6-8-14)23-16(21-2)22-11-15(25)24(3)12-17(18,19)20;/h4-8,13H,9-12H2,1-3H3,(H2,21,22,23);1H. The molecule has 2 N–H and O–H groups in total. The number of nitrogens with one attached hydrogen (secondary N) is 2. The molecule has 1 aromatic carbocycles. The monoisotopic (exact) mass is 486 g/mol. The molecule has 148 valence electrons. The number of alkyl halides is 3. The maximum atomic E-state index is 12.3. The molecular formula is C17H26F3IN4O. The normalized spacial score (nSPS) is 12.8. The van der Waals surface area contributed by atoms with E-state index in [4.69, 9.17) is 0 Å². The van der Waals surface area contributed by atoms with Crippen molar-refractivity contribution in [3.05, 3.63) is 35.9 Å². The first kappa shape index (κ1) is 24.5. The minimum Gasteiger partial charge on any atom is -0.354 e. The largest absolute Gasteiger partial charge is 0.406 e. The molecule has 26 heavy (non-hydrogen) atoms. The summed E-state index contributed by atoms with van der Waals surface area (Å²) in [6.45, 7) is 0.456. The second-order valence-electron chi connectivity index (χ2n) is 5.86. The number of likely N-dealkylation sites (N-methyl/N-ethyl adjacent to an activating group) is 1. The number of rotatable bonds is 7. The van der Waals surface area contributed by atoms with Gasteiger partial charge in [-0.3, -0.25) is 9.79 Å². The molecule has 0 spiro atoms. The van der Waals surface area contributed by atoms with Gasteiger partial charge in [0.05, 0.1) is 6.54 Å². The molecule has 0 fully saturated rings. The number of carbonyl (C=O) groups excluding carboxylic acids is 1. The van der Waals surface area contributed by atoms with Crippen LogP contribution in [0.1, 0.15) is 18.9 Å². The van der Waals surface area contributed by atoms with Gasteiger partial charge in [0.15, 0.2) is 5.96 Å². The number of aryl methyl sites for hydroxylation is 1. The van der Waals surface area contributed by atoms with Crippen molar-refractivity contribution in [1.29, 1.82) is 0 Å². The van der Waals surface area contributed by atoms with Crippen LogP contribution in [0.25, 0.3) is 0 Å². The summed E-state index contributed by atoms with van der Waals surface area (Å²) in [5.41, 5.74) is 1.23. The molecule has 0 heterocycles. The van der Waals surface area contributed by atoms with E-state index in [1.807, 2.05) is 25.1 Å². The van der Waals surface area contributed by atoms with Crippen LogP contribution in [-0.2, 0) is 11.2 Å². The van der Waals surface area contributed by atoms with Crippen LogP contribution in [0.2, 0.25) is 0 Å². The number of nitrogens with zero attached hydrogens (tertiary/aromatic N) is 2. The third-order valence-electron chi connectivity index (χ3n) is 3.56. The Labute approximate surface area is 169 Å². The van der Waals surface area contributed by atoms with Gasteiger partial charge in [0.25, 0.3) is 0 Å². The van der Waals surface area contributed by atoms with E-state index in [1.165, 1.54) is 5.56 Å². The molecule has 1 aromatic rings. The van der Waals surface area contributed by atoms with Crippen LogP contribution < -0.4 is 10.6 Å². The van der Waals surface area contributed by atoms with E-state index in [9.17, 15) is 18.0 Å². The minimum atomic E-state index is -4.41.